The molecule has 15 heavy (non-hydrogen) atoms. The molecular formula is C14H22O. The van der Waals surface area contributed by atoms with Gasteiger partial charge in [-0.3, -0.25) is 0 Å². The molecule has 0 aliphatic rings. The molecule has 0 saturated carbocycles. The van der Waals surface area contributed by atoms with Gasteiger partial charge in [-0.05, 0) is 41.9 Å². The summed E-state index contributed by atoms with van der Waals surface area (Å²) < 4.78 is 0. The molecule has 0 radical (unpaired) electrons. The van der Waals surface area contributed by atoms with Gasteiger partial charge in [0, 0.05) is 6.61 Å². The van der Waals surface area contributed by atoms with Crippen molar-refractivity contribution in [3.8, 4) is 0 Å². The van der Waals surface area contributed by atoms with Crippen LogP contribution in [0.15, 0.2) is 18.2 Å². The van der Waals surface area contributed by atoms with Crippen LogP contribution in [0.5, 0.6) is 0 Å². The smallest absolute Gasteiger partial charge is 0.0434 e. The Hall–Kier alpha value is -0.820. The first-order chi connectivity index (χ1) is 7.19. The van der Waals surface area contributed by atoms with Gasteiger partial charge in [0.25, 0.3) is 0 Å². The first-order valence-electron chi connectivity index (χ1n) is 5.91. The Morgan fingerprint density at radius 3 is 2.53 bits per heavy atom. The lowest BCUT2D eigenvalue weighted by molar-refractivity contribution is 0.288. The van der Waals surface area contributed by atoms with E-state index in [1.54, 1.807) is 0 Å². The first-order valence-corrected chi connectivity index (χ1v) is 5.91. The number of aryl methyl sites for hydroxylation is 2. The fourth-order valence-electron chi connectivity index (χ4n) is 1.93. The van der Waals surface area contributed by atoms with E-state index < -0.39 is 0 Å². The summed E-state index contributed by atoms with van der Waals surface area (Å²) in [6.45, 7) is 6.92. The lowest BCUT2D eigenvalue weighted by Crippen LogP contribution is -1.99. The molecule has 1 rings (SSSR count). The average molecular weight is 206 g/mol. The second-order valence-corrected chi connectivity index (χ2v) is 4.37. The number of aliphatic hydroxyl groups is 1. The van der Waals surface area contributed by atoms with Crippen LogP contribution in [0.2, 0.25) is 0 Å². The lowest BCUT2D eigenvalue weighted by Gasteiger charge is -2.13. The monoisotopic (exact) mass is 206 g/mol. The molecule has 0 atom stereocenters. The molecule has 0 unspecified atom stereocenters. The topological polar surface area (TPSA) is 20.2 Å². The zero-order valence-electron chi connectivity index (χ0n) is 10.1. The van der Waals surface area contributed by atoms with Gasteiger partial charge in [0.2, 0.25) is 0 Å². The highest BCUT2D eigenvalue weighted by Gasteiger charge is 2.06. The van der Waals surface area contributed by atoms with Gasteiger partial charge in [0.1, 0.15) is 0 Å². The highest BCUT2D eigenvalue weighted by molar-refractivity contribution is 5.34. The van der Waals surface area contributed by atoms with Gasteiger partial charge in [-0.1, -0.05) is 39.0 Å². The van der Waals surface area contributed by atoms with Gasteiger partial charge in [0.15, 0.2) is 0 Å². The maximum absolute atomic E-state index is 8.88. The minimum Gasteiger partial charge on any atom is -0.396 e. The molecule has 1 aromatic carbocycles. The molecule has 0 aromatic heterocycles. The fraction of sp³-hybridized carbons (Fsp3) is 0.571. The summed E-state index contributed by atoms with van der Waals surface area (Å²) in [7, 11) is 0. The molecule has 0 aliphatic carbocycles. The van der Waals surface area contributed by atoms with Crippen LogP contribution < -0.4 is 0 Å². The van der Waals surface area contributed by atoms with E-state index in [1.807, 2.05) is 0 Å². The first kappa shape index (κ1) is 12.3. The van der Waals surface area contributed by atoms with E-state index in [9.17, 15) is 0 Å². The van der Waals surface area contributed by atoms with Crippen molar-refractivity contribution in [1.82, 2.24) is 0 Å². The number of hydrogen-bond acceptors (Lipinski definition) is 1. The Morgan fingerprint density at radius 2 is 2.00 bits per heavy atom. The van der Waals surface area contributed by atoms with Crippen LogP contribution in [0, 0.1) is 0 Å². The van der Waals surface area contributed by atoms with Crippen molar-refractivity contribution in [3.05, 3.63) is 34.9 Å². The Balaban J connectivity index is 2.94. The third-order valence-corrected chi connectivity index (χ3v) is 2.84. The molecule has 1 N–H and O–H groups in total. The van der Waals surface area contributed by atoms with Crippen molar-refractivity contribution in [2.24, 2.45) is 0 Å². The summed E-state index contributed by atoms with van der Waals surface area (Å²) in [5.41, 5.74) is 4.24. The third kappa shape index (κ3) is 3.35. The molecule has 0 saturated heterocycles. The molecule has 0 heterocycles. The van der Waals surface area contributed by atoms with E-state index in [-0.39, 0.29) is 6.61 Å². The third-order valence-electron chi connectivity index (χ3n) is 2.84. The van der Waals surface area contributed by atoms with Crippen LogP contribution in [0.4, 0.5) is 0 Å². The van der Waals surface area contributed by atoms with Crippen LogP contribution in [0.25, 0.3) is 0 Å². The lowest BCUT2D eigenvalue weighted by atomic mass is 9.92. The highest BCUT2D eigenvalue weighted by Crippen LogP contribution is 2.22. The SMILES string of the molecule is CCc1ccc(C(C)C)c(CCCO)c1. The van der Waals surface area contributed by atoms with Gasteiger partial charge in [-0.15, -0.1) is 0 Å². The van der Waals surface area contributed by atoms with Crippen LogP contribution in [-0.4, -0.2) is 11.7 Å². The van der Waals surface area contributed by atoms with Crippen LogP contribution in [-0.2, 0) is 12.8 Å². The van der Waals surface area contributed by atoms with Gasteiger partial charge < -0.3 is 5.11 Å². The maximum Gasteiger partial charge on any atom is 0.0434 e. The zero-order valence-corrected chi connectivity index (χ0v) is 10.1. The minimum absolute atomic E-state index is 0.286. The zero-order chi connectivity index (χ0) is 11.3. The van der Waals surface area contributed by atoms with Crippen molar-refractivity contribution < 1.29 is 5.11 Å². The quantitative estimate of drug-likeness (QED) is 0.783. The number of aliphatic hydroxyl groups excluding tert-OH is 1. The van der Waals surface area contributed by atoms with E-state index in [4.69, 9.17) is 5.11 Å². The van der Waals surface area contributed by atoms with Crippen molar-refractivity contribution in [1.29, 1.82) is 0 Å². The largest absolute Gasteiger partial charge is 0.396 e. The summed E-state index contributed by atoms with van der Waals surface area (Å²) >= 11 is 0. The van der Waals surface area contributed by atoms with Crippen molar-refractivity contribution in [2.45, 2.75) is 46.0 Å². The van der Waals surface area contributed by atoms with E-state index in [2.05, 4.69) is 39.0 Å². The summed E-state index contributed by atoms with van der Waals surface area (Å²) in [5.74, 6) is 0.574. The van der Waals surface area contributed by atoms with Crippen molar-refractivity contribution in [3.63, 3.8) is 0 Å². The van der Waals surface area contributed by atoms with Gasteiger partial charge >= 0.3 is 0 Å². The molecule has 0 aliphatic heterocycles. The molecule has 84 valence electrons. The number of benzene rings is 1. The molecule has 0 bridgehead atoms. The average Bonchev–Trinajstić information content (AvgIpc) is 2.25. The molecule has 1 aromatic rings. The van der Waals surface area contributed by atoms with Gasteiger partial charge in [-0.25, -0.2) is 0 Å². The standard InChI is InChI=1S/C14H22O/c1-4-12-7-8-14(11(2)3)13(10-12)6-5-9-15/h7-8,10-11,15H,4-6,9H2,1-3H3. The summed E-state index contributed by atoms with van der Waals surface area (Å²) in [6.07, 6.45) is 2.95. The molecule has 1 nitrogen and oxygen atoms in total. The van der Waals surface area contributed by atoms with Crippen LogP contribution in [0.1, 0.15) is 49.8 Å². The molecule has 1 heteroatoms. The molecular weight excluding hydrogens is 184 g/mol. The number of rotatable bonds is 5. The molecule has 0 fully saturated rings. The normalized spacial score (nSPS) is 11.0. The highest BCUT2D eigenvalue weighted by atomic mass is 16.2. The van der Waals surface area contributed by atoms with E-state index in [0.717, 1.165) is 19.3 Å². The summed E-state index contributed by atoms with van der Waals surface area (Å²) in [6, 6.07) is 6.76. The fourth-order valence-corrected chi connectivity index (χ4v) is 1.93. The predicted octanol–water partition coefficient (Wildman–Crippen LogP) is 3.30. The Bertz CT molecular complexity index is 302. The van der Waals surface area contributed by atoms with Crippen molar-refractivity contribution in [2.75, 3.05) is 6.61 Å². The van der Waals surface area contributed by atoms with E-state index in [0.29, 0.717) is 5.92 Å². The second-order valence-electron chi connectivity index (χ2n) is 4.37. The minimum atomic E-state index is 0.286. The Morgan fingerprint density at radius 1 is 1.27 bits per heavy atom. The predicted molar refractivity (Wildman–Crippen MR) is 65.3 cm³/mol. The maximum atomic E-state index is 8.88. The summed E-state index contributed by atoms with van der Waals surface area (Å²) in [5, 5.41) is 8.88. The van der Waals surface area contributed by atoms with Gasteiger partial charge in [0.05, 0.1) is 0 Å². The summed E-state index contributed by atoms with van der Waals surface area (Å²) in [4.78, 5) is 0. The molecule has 0 amide bonds. The second kappa shape index (κ2) is 5.92. The Kier molecular flexibility index (Phi) is 4.83. The van der Waals surface area contributed by atoms with E-state index >= 15 is 0 Å². The molecule has 0 spiro atoms. The van der Waals surface area contributed by atoms with Crippen LogP contribution >= 0.6 is 0 Å². The van der Waals surface area contributed by atoms with Gasteiger partial charge in [-0.2, -0.15) is 0 Å². The van der Waals surface area contributed by atoms with Crippen LogP contribution in [0.3, 0.4) is 0 Å². The Labute approximate surface area is 93.1 Å². The number of hydrogen-bond donors (Lipinski definition) is 1. The van der Waals surface area contributed by atoms with Crippen molar-refractivity contribution >= 4 is 0 Å². The van der Waals surface area contributed by atoms with E-state index in [1.165, 1.54) is 16.7 Å².